The van der Waals surface area contributed by atoms with Gasteiger partial charge in [-0.3, -0.25) is 4.79 Å². The summed E-state index contributed by atoms with van der Waals surface area (Å²) in [5.74, 6) is 1.50. The molecule has 0 aliphatic carbocycles. The van der Waals surface area contributed by atoms with Gasteiger partial charge in [-0.25, -0.2) is 0 Å². The van der Waals surface area contributed by atoms with Gasteiger partial charge in [-0.2, -0.15) is 0 Å². The molecule has 1 amide bonds. The van der Waals surface area contributed by atoms with Crippen LogP contribution < -0.4 is 14.8 Å². The average Bonchev–Trinajstić information content (AvgIpc) is 3.19. The van der Waals surface area contributed by atoms with Crippen LogP contribution in [0.25, 0.3) is 10.4 Å². The van der Waals surface area contributed by atoms with Gasteiger partial charge in [0.25, 0.3) is 5.91 Å². The Hall–Kier alpha value is -2.79. The van der Waals surface area contributed by atoms with Crippen molar-refractivity contribution in [3.63, 3.8) is 0 Å². The number of hydrogen-bond donors (Lipinski definition) is 1. The Morgan fingerprint density at radius 1 is 0.962 bits per heavy atom. The SMILES string of the molecule is O=C(NCCc1ccccc1)c1ccc(-c2ccc3c(c2)OCCO3)s1. The van der Waals surface area contributed by atoms with E-state index in [2.05, 4.69) is 17.4 Å². The van der Waals surface area contributed by atoms with Gasteiger partial charge >= 0.3 is 0 Å². The van der Waals surface area contributed by atoms with Crippen LogP contribution in [0.3, 0.4) is 0 Å². The zero-order chi connectivity index (χ0) is 17.8. The Morgan fingerprint density at radius 2 is 1.77 bits per heavy atom. The lowest BCUT2D eigenvalue weighted by molar-refractivity contribution is 0.0958. The number of thiophene rings is 1. The summed E-state index contributed by atoms with van der Waals surface area (Å²) < 4.78 is 11.2. The summed E-state index contributed by atoms with van der Waals surface area (Å²) in [6.45, 7) is 1.77. The van der Waals surface area contributed by atoms with Crippen LogP contribution in [0.5, 0.6) is 11.5 Å². The highest BCUT2D eigenvalue weighted by molar-refractivity contribution is 7.17. The maximum absolute atomic E-state index is 12.4. The summed E-state index contributed by atoms with van der Waals surface area (Å²) in [5.41, 5.74) is 2.25. The van der Waals surface area contributed by atoms with Crippen molar-refractivity contribution < 1.29 is 14.3 Å². The van der Waals surface area contributed by atoms with Crippen molar-refractivity contribution in [2.75, 3.05) is 19.8 Å². The Balaban J connectivity index is 1.40. The zero-order valence-corrected chi connectivity index (χ0v) is 15.1. The summed E-state index contributed by atoms with van der Waals surface area (Å²) in [5, 5.41) is 2.99. The summed E-state index contributed by atoms with van der Waals surface area (Å²) in [6.07, 6.45) is 0.826. The molecule has 5 heteroatoms. The molecule has 1 N–H and O–H groups in total. The molecule has 3 aromatic rings. The number of rotatable bonds is 5. The molecule has 0 unspecified atom stereocenters. The number of fused-ring (bicyclic) bond motifs is 1. The Kier molecular flexibility index (Phi) is 4.88. The predicted molar refractivity (Wildman–Crippen MR) is 103 cm³/mol. The molecule has 1 aromatic heterocycles. The van der Waals surface area contributed by atoms with Gasteiger partial charge in [-0.1, -0.05) is 30.3 Å². The summed E-state index contributed by atoms with van der Waals surface area (Å²) >= 11 is 1.48. The fraction of sp³-hybridized carbons (Fsp3) is 0.190. The Labute approximate surface area is 156 Å². The fourth-order valence-electron chi connectivity index (χ4n) is 2.86. The van der Waals surface area contributed by atoms with Gasteiger partial charge in [-0.05, 0) is 47.9 Å². The number of carbonyl (C=O) groups is 1. The molecule has 0 bridgehead atoms. The maximum Gasteiger partial charge on any atom is 0.261 e. The molecule has 26 heavy (non-hydrogen) atoms. The number of amides is 1. The normalized spacial score (nSPS) is 12.6. The first kappa shape index (κ1) is 16.7. The molecule has 4 rings (SSSR count). The van der Waals surface area contributed by atoms with Gasteiger partial charge < -0.3 is 14.8 Å². The van der Waals surface area contributed by atoms with Crippen molar-refractivity contribution in [3.05, 3.63) is 71.1 Å². The first-order valence-corrected chi connectivity index (χ1v) is 9.43. The van der Waals surface area contributed by atoms with Crippen molar-refractivity contribution in [1.82, 2.24) is 5.32 Å². The van der Waals surface area contributed by atoms with E-state index in [1.807, 2.05) is 48.5 Å². The first-order chi connectivity index (χ1) is 12.8. The monoisotopic (exact) mass is 365 g/mol. The second kappa shape index (κ2) is 7.62. The van der Waals surface area contributed by atoms with Crippen LogP contribution in [0.15, 0.2) is 60.7 Å². The second-order valence-electron chi connectivity index (χ2n) is 6.01. The number of benzene rings is 2. The molecule has 1 aliphatic rings. The van der Waals surface area contributed by atoms with Crippen molar-refractivity contribution in [1.29, 1.82) is 0 Å². The van der Waals surface area contributed by atoms with Crippen molar-refractivity contribution in [2.24, 2.45) is 0 Å². The van der Waals surface area contributed by atoms with Gasteiger partial charge in [0.15, 0.2) is 11.5 Å². The minimum atomic E-state index is -0.0327. The molecule has 2 heterocycles. The van der Waals surface area contributed by atoms with Crippen LogP contribution in [0, 0.1) is 0 Å². The van der Waals surface area contributed by atoms with Crippen LogP contribution in [0.2, 0.25) is 0 Å². The molecule has 0 fully saturated rings. The quantitative estimate of drug-likeness (QED) is 0.739. The topological polar surface area (TPSA) is 47.6 Å². The standard InChI is InChI=1S/C21H19NO3S/c23-21(22-11-10-15-4-2-1-3-5-15)20-9-8-19(26-20)16-6-7-17-18(14-16)25-13-12-24-17/h1-9,14H,10-13H2,(H,22,23). The lowest BCUT2D eigenvalue weighted by Crippen LogP contribution is -2.24. The van der Waals surface area contributed by atoms with E-state index in [1.165, 1.54) is 16.9 Å². The molecule has 0 atom stereocenters. The van der Waals surface area contributed by atoms with E-state index in [-0.39, 0.29) is 5.91 Å². The van der Waals surface area contributed by atoms with Crippen LogP contribution in [-0.4, -0.2) is 25.7 Å². The molecule has 0 radical (unpaired) electrons. The second-order valence-corrected chi connectivity index (χ2v) is 7.10. The highest BCUT2D eigenvalue weighted by atomic mass is 32.1. The number of carbonyl (C=O) groups excluding carboxylic acids is 1. The molecule has 132 valence electrons. The number of hydrogen-bond acceptors (Lipinski definition) is 4. The van der Waals surface area contributed by atoms with Crippen molar-refractivity contribution in [3.8, 4) is 21.9 Å². The summed E-state index contributed by atoms with van der Waals surface area (Å²) in [6, 6.07) is 19.9. The van der Waals surface area contributed by atoms with E-state index >= 15 is 0 Å². The molecule has 2 aromatic carbocycles. The van der Waals surface area contributed by atoms with Gasteiger partial charge in [0.2, 0.25) is 0 Å². The maximum atomic E-state index is 12.4. The molecule has 0 spiro atoms. The zero-order valence-electron chi connectivity index (χ0n) is 14.2. The van der Waals surface area contributed by atoms with E-state index in [0.29, 0.717) is 24.6 Å². The predicted octanol–water partition coefficient (Wildman–Crippen LogP) is 4.16. The van der Waals surface area contributed by atoms with Crippen LogP contribution >= 0.6 is 11.3 Å². The van der Waals surface area contributed by atoms with Gasteiger partial charge in [-0.15, -0.1) is 11.3 Å². The van der Waals surface area contributed by atoms with Crippen molar-refractivity contribution >= 4 is 17.2 Å². The third-order valence-electron chi connectivity index (χ3n) is 4.20. The van der Waals surface area contributed by atoms with E-state index in [1.54, 1.807) is 0 Å². The highest BCUT2D eigenvalue weighted by Crippen LogP contribution is 2.36. The molecular weight excluding hydrogens is 346 g/mol. The first-order valence-electron chi connectivity index (χ1n) is 8.61. The average molecular weight is 365 g/mol. The van der Waals surface area contributed by atoms with E-state index in [0.717, 1.165) is 28.4 Å². The van der Waals surface area contributed by atoms with E-state index in [9.17, 15) is 4.79 Å². The molecular formula is C21H19NO3S. The lowest BCUT2D eigenvalue weighted by Gasteiger charge is -2.18. The molecule has 0 saturated carbocycles. The minimum Gasteiger partial charge on any atom is -0.486 e. The highest BCUT2D eigenvalue weighted by Gasteiger charge is 2.14. The summed E-state index contributed by atoms with van der Waals surface area (Å²) in [7, 11) is 0. The molecule has 0 saturated heterocycles. The van der Waals surface area contributed by atoms with E-state index in [4.69, 9.17) is 9.47 Å². The lowest BCUT2D eigenvalue weighted by atomic mass is 10.1. The third-order valence-corrected chi connectivity index (χ3v) is 5.33. The van der Waals surface area contributed by atoms with Crippen molar-refractivity contribution in [2.45, 2.75) is 6.42 Å². The van der Waals surface area contributed by atoms with Crippen LogP contribution in [0.4, 0.5) is 0 Å². The molecule has 1 aliphatic heterocycles. The largest absolute Gasteiger partial charge is 0.486 e. The summed E-state index contributed by atoms with van der Waals surface area (Å²) in [4.78, 5) is 14.1. The Morgan fingerprint density at radius 3 is 2.62 bits per heavy atom. The molecule has 4 nitrogen and oxygen atoms in total. The number of nitrogens with one attached hydrogen (secondary N) is 1. The van der Waals surface area contributed by atoms with E-state index < -0.39 is 0 Å². The fourth-order valence-corrected chi connectivity index (χ4v) is 3.78. The Bertz CT molecular complexity index is 905. The smallest absolute Gasteiger partial charge is 0.261 e. The number of ether oxygens (including phenoxy) is 2. The van der Waals surface area contributed by atoms with Gasteiger partial charge in [0.05, 0.1) is 4.88 Å². The van der Waals surface area contributed by atoms with Crippen LogP contribution in [0.1, 0.15) is 15.2 Å². The van der Waals surface area contributed by atoms with Gasteiger partial charge in [0, 0.05) is 11.4 Å². The van der Waals surface area contributed by atoms with Gasteiger partial charge in [0.1, 0.15) is 13.2 Å². The van der Waals surface area contributed by atoms with Crippen LogP contribution in [-0.2, 0) is 6.42 Å². The minimum absolute atomic E-state index is 0.0327. The third kappa shape index (κ3) is 3.73.